The van der Waals surface area contributed by atoms with Crippen LogP contribution in [-0.4, -0.2) is 47.7 Å². The first-order chi connectivity index (χ1) is 12.1. The highest BCUT2D eigenvalue weighted by Crippen LogP contribution is 2.43. The van der Waals surface area contributed by atoms with E-state index in [0.717, 1.165) is 63.7 Å². The van der Waals surface area contributed by atoms with Gasteiger partial charge in [0.15, 0.2) is 0 Å². The Labute approximate surface area is 148 Å². The van der Waals surface area contributed by atoms with Crippen molar-refractivity contribution in [2.75, 3.05) is 24.5 Å². The van der Waals surface area contributed by atoms with E-state index in [4.69, 9.17) is 0 Å². The van der Waals surface area contributed by atoms with Crippen LogP contribution >= 0.6 is 0 Å². The lowest BCUT2D eigenvalue weighted by Crippen LogP contribution is -2.50. The second-order valence-corrected chi connectivity index (χ2v) is 8.00. The first kappa shape index (κ1) is 16.8. The molecular weight excluding hydrogens is 319 g/mol. The molecule has 1 aromatic carbocycles. The molecule has 2 aliphatic heterocycles. The molecule has 1 N–H and O–H groups in total. The van der Waals surface area contributed by atoms with Gasteiger partial charge in [-0.2, -0.15) is 0 Å². The van der Waals surface area contributed by atoms with Crippen LogP contribution in [-0.2, 0) is 4.79 Å². The van der Waals surface area contributed by atoms with Crippen molar-refractivity contribution in [1.82, 2.24) is 4.90 Å². The summed E-state index contributed by atoms with van der Waals surface area (Å²) in [5, 5.41) is 9.72. The third-order valence-electron chi connectivity index (χ3n) is 6.40. The van der Waals surface area contributed by atoms with Crippen molar-refractivity contribution in [2.24, 2.45) is 5.41 Å². The molecule has 1 atom stereocenters. The number of likely N-dealkylation sites (tertiary alicyclic amines) is 1. The van der Waals surface area contributed by atoms with Gasteiger partial charge in [0.1, 0.15) is 5.82 Å². The van der Waals surface area contributed by atoms with Crippen LogP contribution in [0.2, 0.25) is 0 Å². The number of aliphatic hydroxyl groups excluding tert-OH is 1. The van der Waals surface area contributed by atoms with Gasteiger partial charge >= 0.3 is 0 Å². The Kier molecular flexibility index (Phi) is 4.44. The molecule has 3 fully saturated rings. The maximum atomic E-state index is 13.6. The number of piperidine rings is 1. The van der Waals surface area contributed by atoms with E-state index in [9.17, 15) is 14.3 Å². The molecule has 2 heterocycles. The maximum absolute atomic E-state index is 13.6. The Morgan fingerprint density at radius 3 is 2.68 bits per heavy atom. The molecule has 0 unspecified atom stereocenters. The minimum absolute atomic E-state index is 0.193. The molecule has 0 radical (unpaired) electrons. The SMILES string of the molecule is O=C1N([C@H]2CC[C@H](O)CC2)CC[C@@]12CCCN(c1cccc(F)c1)C2. The zero-order valence-corrected chi connectivity index (χ0v) is 14.7. The van der Waals surface area contributed by atoms with Gasteiger partial charge in [-0.15, -0.1) is 0 Å². The molecule has 1 saturated carbocycles. The summed E-state index contributed by atoms with van der Waals surface area (Å²) in [5.74, 6) is 0.0623. The Morgan fingerprint density at radius 1 is 1.12 bits per heavy atom. The van der Waals surface area contributed by atoms with Gasteiger partial charge in [0.05, 0.1) is 11.5 Å². The number of nitrogens with zero attached hydrogens (tertiary/aromatic N) is 2. The lowest BCUT2D eigenvalue weighted by atomic mass is 9.78. The minimum atomic E-state index is -0.305. The molecule has 4 rings (SSSR count). The quantitative estimate of drug-likeness (QED) is 0.895. The molecule has 1 aromatic rings. The van der Waals surface area contributed by atoms with E-state index < -0.39 is 0 Å². The molecule has 0 bridgehead atoms. The largest absolute Gasteiger partial charge is 0.393 e. The minimum Gasteiger partial charge on any atom is -0.393 e. The van der Waals surface area contributed by atoms with Crippen molar-refractivity contribution in [3.63, 3.8) is 0 Å². The molecular formula is C20H27FN2O2. The number of hydrogen-bond donors (Lipinski definition) is 1. The number of carbonyl (C=O) groups excluding carboxylic acids is 1. The van der Waals surface area contributed by atoms with Gasteiger partial charge in [-0.3, -0.25) is 4.79 Å². The summed E-state index contributed by atoms with van der Waals surface area (Å²) in [6.07, 6.45) is 6.04. The topological polar surface area (TPSA) is 43.8 Å². The molecule has 1 spiro atoms. The highest BCUT2D eigenvalue weighted by atomic mass is 19.1. The fourth-order valence-corrected chi connectivity index (χ4v) is 4.97. The van der Waals surface area contributed by atoms with Gasteiger partial charge in [0, 0.05) is 31.4 Å². The molecule has 4 nitrogen and oxygen atoms in total. The van der Waals surface area contributed by atoms with Crippen LogP contribution in [0.3, 0.4) is 0 Å². The molecule has 3 aliphatic rings. The number of carbonyl (C=O) groups is 1. The summed E-state index contributed by atoms with van der Waals surface area (Å²) in [5.41, 5.74) is 0.576. The number of anilines is 1. The molecule has 2 saturated heterocycles. The summed E-state index contributed by atoms with van der Waals surface area (Å²) in [6, 6.07) is 6.99. The normalized spacial score (nSPS) is 33.3. The number of amides is 1. The lowest BCUT2D eigenvalue weighted by molar-refractivity contribution is -0.139. The number of hydrogen-bond acceptors (Lipinski definition) is 3. The average molecular weight is 346 g/mol. The highest BCUT2D eigenvalue weighted by Gasteiger charge is 2.50. The zero-order valence-electron chi connectivity index (χ0n) is 14.7. The molecule has 136 valence electrons. The van der Waals surface area contributed by atoms with Crippen molar-refractivity contribution in [3.05, 3.63) is 30.1 Å². The van der Waals surface area contributed by atoms with Crippen LogP contribution in [0.15, 0.2) is 24.3 Å². The summed E-state index contributed by atoms with van der Waals surface area (Å²) < 4.78 is 13.6. The first-order valence-corrected chi connectivity index (χ1v) is 9.57. The van der Waals surface area contributed by atoms with Crippen LogP contribution in [0, 0.1) is 11.2 Å². The van der Waals surface area contributed by atoms with Crippen LogP contribution in [0.1, 0.15) is 44.9 Å². The molecule has 25 heavy (non-hydrogen) atoms. The average Bonchev–Trinajstić information content (AvgIpc) is 2.92. The summed E-state index contributed by atoms with van der Waals surface area (Å²) in [4.78, 5) is 17.5. The van der Waals surface area contributed by atoms with Crippen molar-refractivity contribution >= 4 is 11.6 Å². The number of halogens is 1. The van der Waals surface area contributed by atoms with Crippen LogP contribution in [0.4, 0.5) is 10.1 Å². The van der Waals surface area contributed by atoms with E-state index in [1.807, 2.05) is 6.07 Å². The number of benzene rings is 1. The maximum Gasteiger partial charge on any atom is 0.230 e. The Hall–Kier alpha value is -1.62. The standard InChI is InChI=1S/C20H27FN2O2/c21-15-3-1-4-17(13-15)22-11-2-9-20(14-22)10-12-23(19(20)25)16-5-7-18(24)8-6-16/h1,3-4,13,16,18,24H,2,5-12,14H2/t16-,18-,20-/m1/s1. The fraction of sp³-hybridized carbons (Fsp3) is 0.650. The second-order valence-electron chi connectivity index (χ2n) is 8.00. The Balaban J connectivity index is 1.49. The van der Waals surface area contributed by atoms with Gasteiger partial charge in [0.25, 0.3) is 0 Å². The third-order valence-corrected chi connectivity index (χ3v) is 6.40. The van der Waals surface area contributed by atoms with Crippen molar-refractivity contribution in [1.29, 1.82) is 0 Å². The predicted octanol–water partition coefficient (Wildman–Crippen LogP) is 2.95. The highest BCUT2D eigenvalue weighted by molar-refractivity contribution is 5.86. The van der Waals surface area contributed by atoms with Gasteiger partial charge in [-0.05, 0) is 63.1 Å². The Morgan fingerprint density at radius 2 is 1.92 bits per heavy atom. The number of rotatable bonds is 2. The van der Waals surface area contributed by atoms with E-state index in [2.05, 4.69) is 9.80 Å². The van der Waals surface area contributed by atoms with Gasteiger partial charge in [-0.25, -0.2) is 4.39 Å². The van der Waals surface area contributed by atoms with E-state index in [-0.39, 0.29) is 23.2 Å². The third kappa shape index (κ3) is 3.14. The molecule has 1 amide bonds. The van der Waals surface area contributed by atoms with Crippen LogP contribution in [0.5, 0.6) is 0 Å². The first-order valence-electron chi connectivity index (χ1n) is 9.57. The second kappa shape index (κ2) is 6.60. The van der Waals surface area contributed by atoms with Gasteiger partial charge in [0.2, 0.25) is 5.91 Å². The fourth-order valence-electron chi connectivity index (χ4n) is 4.97. The van der Waals surface area contributed by atoms with Gasteiger partial charge in [-0.1, -0.05) is 6.07 Å². The smallest absolute Gasteiger partial charge is 0.230 e. The predicted molar refractivity (Wildman–Crippen MR) is 94.9 cm³/mol. The Bertz CT molecular complexity index is 644. The van der Waals surface area contributed by atoms with Crippen molar-refractivity contribution in [3.8, 4) is 0 Å². The summed E-state index contributed by atoms with van der Waals surface area (Å²) in [7, 11) is 0. The molecule has 1 aliphatic carbocycles. The summed E-state index contributed by atoms with van der Waals surface area (Å²) in [6.45, 7) is 2.41. The van der Waals surface area contributed by atoms with E-state index in [1.54, 1.807) is 12.1 Å². The summed E-state index contributed by atoms with van der Waals surface area (Å²) >= 11 is 0. The van der Waals surface area contributed by atoms with E-state index in [0.29, 0.717) is 12.6 Å². The van der Waals surface area contributed by atoms with Crippen molar-refractivity contribution in [2.45, 2.75) is 57.1 Å². The lowest BCUT2D eigenvalue weighted by Gasteiger charge is -2.41. The van der Waals surface area contributed by atoms with Crippen LogP contribution < -0.4 is 4.90 Å². The van der Waals surface area contributed by atoms with Crippen LogP contribution in [0.25, 0.3) is 0 Å². The van der Waals surface area contributed by atoms with Crippen molar-refractivity contribution < 1.29 is 14.3 Å². The zero-order chi connectivity index (χ0) is 17.4. The molecule has 5 heteroatoms. The van der Waals surface area contributed by atoms with Gasteiger partial charge < -0.3 is 14.9 Å². The van der Waals surface area contributed by atoms with E-state index >= 15 is 0 Å². The number of aliphatic hydroxyl groups is 1. The monoisotopic (exact) mass is 346 g/mol. The molecule has 0 aromatic heterocycles. The van der Waals surface area contributed by atoms with E-state index in [1.165, 1.54) is 6.07 Å².